The molecule has 128 valence electrons. The van der Waals surface area contributed by atoms with Crippen LogP contribution in [0.2, 0.25) is 0 Å². The fourth-order valence-electron chi connectivity index (χ4n) is 2.73. The van der Waals surface area contributed by atoms with Crippen LogP contribution in [-0.2, 0) is 0 Å². The Bertz CT molecular complexity index is 856. The van der Waals surface area contributed by atoms with Crippen LogP contribution < -0.4 is 14.9 Å². The summed E-state index contributed by atoms with van der Waals surface area (Å²) < 4.78 is 0. The Morgan fingerprint density at radius 1 is 0.720 bits per heavy atom. The topological polar surface area (TPSA) is 55.3 Å². The molecule has 0 bridgehead atoms. The summed E-state index contributed by atoms with van der Waals surface area (Å²) in [6.45, 7) is 0. The molecule has 0 saturated carbocycles. The first-order chi connectivity index (χ1) is 12.0. The maximum absolute atomic E-state index is 12.4. The molecule has 2 aromatic carbocycles. The number of anilines is 2. The van der Waals surface area contributed by atoms with Crippen LogP contribution >= 0.6 is 0 Å². The molecule has 1 heterocycles. The summed E-state index contributed by atoms with van der Waals surface area (Å²) in [5, 5.41) is 20.0. The quantitative estimate of drug-likeness (QED) is 0.734. The highest BCUT2D eigenvalue weighted by Gasteiger charge is 2.11. The molecule has 0 unspecified atom stereocenters. The average molecular weight is 333 g/mol. The van der Waals surface area contributed by atoms with Crippen molar-refractivity contribution < 1.29 is 5.11 Å². The van der Waals surface area contributed by atoms with Gasteiger partial charge in [-0.05, 0) is 35.4 Å². The van der Waals surface area contributed by atoms with Crippen molar-refractivity contribution >= 4 is 11.4 Å². The molecule has 5 nitrogen and oxygen atoms in total. The zero-order valence-corrected chi connectivity index (χ0v) is 14.9. The maximum atomic E-state index is 12.4. The van der Waals surface area contributed by atoms with E-state index in [0.717, 1.165) is 28.1 Å². The number of aromatic nitrogens is 2. The molecular weight excluding hydrogens is 312 g/mol. The standard InChI is InChI=1S/C20H22N4O/c1-23(2)16-9-5-14(6-10-16)18-13-21-22-20(25)19(18)15-7-11-17(12-8-15)24(3)4/h5-13H,1-4H3,(H,22,25)/p-1. The van der Waals surface area contributed by atoms with Crippen molar-refractivity contribution in [3.8, 4) is 28.1 Å². The number of rotatable bonds is 4. The molecule has 0 atom stereocenters. The molecule has 0 aliphatic carbocycles. The number of hydrogen-bond acceptors (Lipinski definition) is 5. The molecule has 0 amide bonds. The van der Waals surface area contributed by atoms with E-state index in [1.54, 1.807) is 6.20 Å². The maximum Gasteiger partial charge on any atom is 0.0580 e. The van der Waals surface area contributed by atoms with Crippen molar-refractivity contribution in [2.24, 2.45) is 0 Å². The number of hydrogen-bond donors (Lipinski definition) is 0. The Kier molecular flexibility index (Phi) is 4.57. The summed E-state index contributed by atoms with van der Waals surface area (Å²) in [5.41, 5.74) is 5.35. The molecule has 0 aliphatic rings. The zero-order chi connectivity index (χ0) is 18.0. The highest BCUT2D eigenvalue weighted by molar-refractivity contribution is 5.86. The van der Waals surface area contributed by atoms with E-state index in [0.29, 0.717) is 5.56 Å². The highest BCUT2D eigenvalue weighted by Crippen LogP contribution is 2.36. The van der Waals surface area contributed by atoms with Crippen molar-refractivity contribution in [2.45, 2.75) is 0 Å². The van der Waals surface area contributed by atoms with Gasteiger partial charge in [0.2, 0.25) is 0 Å². The van der Waals surface area contributed by atoms with Gasteiger partial charge in [-0.25, -0.2) is 0 Å². The first-order valence-corrected chi connectivity index (χ1v) is 8.05. The van der Waals surface area contributed by atoms with E-state index in [4.69, 9.17) is 0 Å². The summed E-state index contributed by atoms with van der Waals surface area (Å²) in [6, 6.07) is 15.9. The van der Waals surface area contributed by atoms with Gasteiger partial charge in [0.05, 0.1) is 6.20 Å². The second kappa shape index (κ2) is 6.81. The molecule has 0 saturated heterocycles. The van der Waals surface area contributed by atoms with E-state index in [1.807, 2.05) is 86.5 Å². The van der Waals surface area contributed by atoms with Crippen LogP contribution in [0, 0.1) is 0 Å². The minimum atomic E-state index is -0.313. The molecule has 5 heteroatoms. The van der Waals surface area contributed by atoms with Gasteiger partial charge in [0, 0.05) is 56.6 Å². The van der Waals surface area contributed by atoms with Gasteiger partial charge >= 0.3 is 0 Å². The zero-order valence-electron chi connectivity index (χ0n) is 14.9. The van der Waals surface area contributed by atoms with Gasteiger partial charge in [-0.3, -0.25) is 0 Å². The Labute approximate surface area is 148 Å². The van der Waals surface area contributed by atoms with Crippen molar-refractivity contribution in [3.63, 3.8) is 0 Å². The lowest BCUT2D eigenvalue weighted by molar-refractivity contribution is -0.274. The average Bonchev–Trinajstić information content (AvgIpc) is 2.61. The third-order valence-electron chi connectivity index (χ3n) is 4.19. The Morgan fingerprint density at radius 3 is 1.68 bits per heavy atom. The van der Waals surface area contributed by atoms with E-state index < -0.39 is 0 Å². The molecule has 1 aromatic heterocycles. The summed E-state index contributed by atoms with van der Waals surface area (Å²) >= 11 is 0. The number of nitrogens with zero attached hydrogens (tertiary/aromatic N) is 4. The third kappa shape index (κ3) is 3.40. The van der Waals surface area contributed by atoms with Crippen molar-refractivity contribution in [2.75, 3.05) is 38.0 Å². The molecule has 0 radical (unpaired) electrons. The third-order valence-corrected chi connectivity index (χ3v) is 4.19. The van der Waals surface area contributed by atoms with Crippen LogP contribution in [0.25, 0.3) is 22.3 Å². The first-order valence-electron chi connectivity index (χ1n) is 8.05. The van der Waals surface area contributed by atoms with Gasteiger partial charge in [0.15, 0.2) is 0 Å². The molecule has 3 aromatic rings. The molecule has 0 spiro atoms. The summed E-state index contributed by atoms with van der Waals surface area (Å²) in [6.07, 6.45) is 1.65. The normalized spacial score (nSPS) is 10.6. The Hall–Kier alpha value is -3.08. The molecule has 25 heavy (non-hydrogen) atoms. The van der Waals surface area contributed by atoms with Crippen molar-refractivity contribution in [1.82, 2.24) is 10.2 Å². The molecule has 0 fully saturated rings. The van der Waals surface area contributed by atoms with E-state index in [1.165, 1.54) is 0 Å². The molecule has 3 rings (SSSR count). The van der Waals surface area contributed by atoms with Gasteiger partial charge in [0.25, 0.3) is 0 Å². The Morgan fingerprint density at radius 2 is 1.20 bits per heavy atom. The van der Waals surface area contributed by atoms with Crippen molar-refractivity contribution in [1.29, 1.82) is 0 Å². The van der Waals surface area contributed by atoms with Gasteiger partial charge in [0.1, 0.15) is 0 Å². The van der Waals surface area contributed by atoms with E-state index >= 15 is 0 Å². The molecular formula is C20H21N4O-. The summed E-state index contributed by atoms with van der Waals surface area (Å²) in [7, 11) is 7.96. The van der Waals surface area contributed by atoms with Crippen LogP contribution in [0.15, 0.2) is 54.7 Å². The van der Waals surface area contributed by atoms with Crippen LogP contribution in [0.4, 0.5) is 11.4 Å². The minimum Gasteiger partial charge on any atom is -0.857 e. The van der Waals surface area contributed by atoms with Crippen LogP contribution in [0.3, 0.4) is 0 Å². The second-order valence-corrected chi connectivity index (χ2v) is 6.32. The van der Waals surface area contributed by atoms with Gasteiger partial charge < -0.3 is 14.9 Å². The van der Waals surface area contributed by atoms with Crippen molar-refractivity contribution in [3.05, 3.63) is 54.7 Å². The predicted octanol–water partition coefficient (Wildman–Crippen LogP) is 3.02. The predicted molar refractivity (Wildman–Crippen MR) is 101 cm³/mol. The largest absolute Gasteiger partial charge is 0.857 e. The lowest BCUT2D eigenvalue weighted by Crippen LogP contribution is -2.08. The number of benzene rings is 2. The van der Waals surface area contributed by atoms with Gasteiger partial charge in [-0.1, -0.05) is 24.3 Å². The van der Waals surface area contributed by atoms with E-state index in [2.05, 4.69) is 10.2 Å². The first kappa shape index (κ1) is 16.8. The summed E-state index contributed by atoms with van der Waals surface area (Å²) in [4.78, 5) is 4.06. The van der Waals surface area contributed by atoms with Crippen LogP contribution in [-0.4, -0.2) is 38.4 Å². The minimum absolute atomic E-state index is 0.313. The fraction of sp³-hybridized carbons (Fsp3) is 0.200. The highest BCUT2D eigenvalue weighted by atomic mass is 16.3. The second-order valence-electron chi connectivity index (χ2n) is 6.32. The van der Waals surface area contributed by atoms with Gasteiger partial charge in [-0.2, -0.15) is 10.2 Å². The molecule has 0 aliphatic heterocycles. The fourth-order valence-corrected chi connectivity index (χ4v) is 2.73. The van der Waals surface area contributed by atoms with E-state index in [-0.39, 0.29) is 5.88 Å². The smallest absolute Gasteiger partial charge is 0.0580 e. The molecule has 0 N–H and O–H groups in total. The van der Waals surface area contributed by atoms with Crippen LogP contribution in [0.1, 0.15) is 0 Å². The van der Waals surface area contributed by atoms with Gasteiger partial charge in [-0.15, -0.1) is 0 Å². The SMILES string of the molecule is CN(C)c1ccc(-c2cnnc([O-])c2-c2ccc(N(C)C)cc2)cc1. The lowest BCUT2D eigenvalue weighted by Gasteiger charge is -2.18. The van der Waals surface area contributed by atoms with E-state index in [9.17, 15) is 5.11 Å². The van der Waals surface area contributed by atoms with Crippen LogP contribution in [0.5, 0.6) is 5.88 Å². The monoisotopic (exact) mass is 333 g/mol. The Balaban J connectivity index is 2.08. The lowest BCUT2D eigenvalue weighted by atomic mass is 9.96. The summed E-state index contributed by atoms with van der Waals surface area (Å²) in [5.74, 6) is -0.313.